The van der Waals surface area contributed by atoms with Crippen LogP contribution >= 0.6 is 0 Å². The number of rotatable bonds is 13. The minimum atomic E-state index is 0.749. The third kappa shape index (κ3) is 8.29. The maximum absolute atomic E-state index is 6.00. The Balaban J connectivity index is 1.08. The van der Waals surface area contributed by atoms with Gasteiger partial charge in [-0.2, -0.15) is 0 Å². The first-order chi connectivity index (χ1) is 17.7. The molecule has 0 amide bonds. The lowest BCUT2D eigenvalue weighted by Gasteiger charge is -2.28. The average Bonchev–Trinajstić information content (AvgIpc) is 2.93. The maximum Gasteiger partial charge on any atom is 0.119 e. The Morgan fingerprint density at radius 2 is 0.889 bits per heavy atom. The van der Waals surface area contributed by atoms with Crippen LogP contribution in [0.2, 0.25) is 0 Å². The second-order valence-corrected chi connectivity index (χ2v) is 11.6. The normalized spacial score (nSPS) is 24.4. The van der Waals surface area contributed by atoms with E-state index in [1.165, 1.54) is 88.2 Å². The second-order valence-electron chi connectivity index (χ2n) is 11.6. The fraction of sp³-hybridized carbons (Fsp3) is 0.647. The molecule has 0 heterocycles. The largest absolute Gasteiger partial charge is 0.494 e. The van der Waals surface area contributed by atoms with E-state index in [4.69, 9.17) is 9.47 Å². The van der Waals surface area contributed by atoms with E-state index in [1.54, 1.807) is 0 Å². The Labute approximate surface area is 221 Å². The van der Waals surface area contributed by atoms with E-state index in [2.05, 4.69) is 62.4 Å². The fourth-order valence-corrected chi connectivity index (χ4v) is 6.64. The molecule has 4 rings (SSSR count). The molecule has 198 valence electrons. The molecule has 36 heavy (non-hydrogen) atoms. The van der Waals surface area contributed by atoms with Gasteiger partial charge in [0.05, 0.1) is 13.2 Å². The molecule has 0 spiro atoms. The lowest BCUT2D eigenvalue weighted by atomic mass is 9.77. The highest BCUT2D eigenvalue weighted by molar-refractivity contribution is 5.30. The summed E-state index contributed by atoms with van der Waals surface area (Å²) in [5.74, 6) is 5.44. The summed E-state index contributed by atoms with van der Waals surface area (Å²) in [6.07, 6.45) is 18.6. The van der Waals surface area contributed by atoms with Crippen LogP contribution in [-0.2, 0) is 0 Å². The van der Waals surface area contributed by atoms with Gasteiger partial charge in [0.2, 0.25) is 0 Å². The van der Waals surface area contributed by atoms with Crippen molar-refractivity contribution in [3.63, 3.8) is 0 Å². The quantitative estimate of drug-likeness (QED) is 0.260. The molecule has 0 unspecified atom stereocenters. The molecular formula is C34H50O2. The van der Waals surface area contributed by atoms with E-state index in [0.717, 1.165) is 61.2 Å². The summed E-state index contributed by atoms with van der Waals surface area (Å²) in [6.45, 7) is 6.14. The number of benzene rings is 2. The average molecular weight is 491 g/mol. The van der Waals surface area contributed by atoms with Crippen molar-refractivity contribution >= 4 is 0 Å². The van der Waals surface area contributed by atoms with Crippen LogP contribution < -0.4 is 9.47 Å². The SMILES string of the molecule is CCCC1CCC(c2ccc(OCCCCOc3ccc(C4CCC(CCC)CC4)cc3)cc2)CC1. The molecule has 2 nitrogen and oxygen atoms in total. The van der Waals surface area contributed by atoms with Gasteiger partial charge in [-0.15, -0.1) is 0 Å². The number of unbranched alkanes of at least 4 members (excludes halogenated alkanes) is 1. The van der Waals surface area contributed by atoms with Crippen molar-refractivity contribution in [2.75, 3.05) is 13.2 Å². The van der Waals surface area contributed by atoms with Crippen LogP contribution in [0.1, 0.15) is 127 Å². The molecule has 0 aromatic heterocycles. The molecule has 2 aliphatic rings. The molecule has 2 aromatic carbocycles. The summed E-state index contributed by atoms with van der Waals surface area (Å²) in [5, 5.41) is 0. The van der Waals surface area contributed by atoms with Crippen molar-refractivity contribution in [3.05, 3.63) is 59.7 Å². The van der Waals surface area contributed by atoms with Gasteiger partial charge in [-0.05, 0) is 123 Å². The molecule has 0 N–H and O–H groups in total. The predicted molar refractivity (Wildman–Crippen MR) is 152 cm³/mol. The van der Waals surface area contributed by atoms with E-state index in [1.807, 2.05) is 0 Å². The second kappa shape index (κ2) is 14.7. The van der Waals surface area contributed by atoms with E-state index < -0.39 is 0 Å². The Kier molecular flexibility index (Phi) is 11.1. The van der Waals surface area contributed by atoms with Crippen molar-refractivity contribution in [1.29, 1.82) is 0 Å². The Bertz CT molecular complexity index is 766. The first-order valence-electron chi connectivity index (χ1n) is 15.2. The highest BCUT2D eigenvalue weighted by Gasteiger charge is 2.22. The zero-order valence-corrected chi connectivity index (χ0v) is 23.1. The summed E-state index contributed by atoms with van der Waals surface area (Å²) in [7, 11) is 0. The van der Waals surface area contributed by atoms with Crippen LogP contribution in [0, 0.1) is 11.8 Å². The van der Waals surface area contributed by atoms with Gasteiger partial charge in [-0.3, -0.25) is 0 Å². The van der Waals surface area contributed by atoms with Crippen LogP contribution in [0.15, 0.2) is 48.5 Å². The highest BCUT2D eigenvalue weighted by atomic mass is 16.5. The Morgan fingerprint density at radius 3 is 1.22 bits per heavy atom. The van der Waals surface area contributed by atoms with Crippen molar-refractivity contribution in [3.8, 4) is 11.5 Å². The summed E-state index contributed by atoms with van der Waals surface area (Å²) < 4.78 is 12.0. The van der Waals surface area contributed by atoms with E-state index in [9.17, 15) is 0 Å². The first kappa shape index (κ1) is 27.1. The molecule has 2 fully saturated rings. The molecule has 2 aromatic rings. The van der Waals surface area contributed by atoms with Crippen LogP contribution in [0.25, 0.3) is 0 Å². The third-order valence-electron chi connectivity index (χ3n) is 8.87. The minimum Gasteiger partial charge on any atom is -0.494 e. The van der Waals surface area contributed by atoms with E-state index >= 15 is 0 Å². The molecule has 2 heteroatoms. The van der Waals surface area contributed by atoms with Gasteiger partial charge in [0, 0.05) is 0 Å². The van der Waals surface area contributed by atoms with Gasteiger partial charge >= 0.3 is 0 Å². The Morgan fingerprint density at radius 1 is 0.528 bits per heavy atom. The highest BCUT2D eigenvalue weighted by Crippen LogP contribution is 2.39. The van der Waals surface area contributed by atoms with Crippen LogP contribution in [0.3, 0.4) is 0 Å². The van der Waals surface area contributed by atoms with Crippen molar-refractivity contribution in [2.45, 2.75) is 116 Å². The topological polar surface area (TPSA) is 18.5 Å². The number of hydrogen-bond acceptors (Lipinski definition) is 2. The van der Waals surface area contributed by atoms with Gasteiger partial charge in [0.25, 0.3) is 0 Å². The Hall–Kier alpha value is -1.96. The van der Waals surface area contributed by atoms with Crippen molar-refractivity contribution < 1.29 is 9.47 Å². The van der Waals surface area contributed by atoms with Crippen molar-refractivity contribution in [2.24, 2.45) is 11.8 Å². The van der Waals surface area contributed by atoms with Crippen LogP contribution in [0.4, 0.5) is 0 Å². The van der Waals surface area contributed by atoms with Gasteiger partial charge in [-0.25, -0.2) is 0 Å². The lowest BCUT2D eigenvalue weighted by molar-refractivity contribution is 0.266. The zero-order chi connectivity index (χ0) is 25.0. The van der Waals surface area contributed by atoms with E-state index in [-0.39, 0.29) is 0 Å². The third-order valence-corrected chi connectivity index (χ3v) is 8.87. The summed E-state index contributed by atoms with van der Waals surface area (Å²) >= 11 is 0. The summed E-state index contributed by atoms with van der Waals surface area (Å²) in [4.78, 5) is 0. The smallest absolute Gasteiger partial charge is 0.119 e. The van der Waals surface area contributed by atoms with E-state index in [0.29, 0.717) is 0 Å². The number of hydrogen-bond donors (Lipinski definition) is 0. The van der Waals surface area contributed by atoms with Gasteiger partial charge in [-0.1, -0.05) is 63.8 Å². The molecule has 2 aliphatic carbocycles. The summed E-state index contributed by atoms with van der Waals surface area (Å²) in [6, 6.07) is 17.9. The molecule has 0 aliphatic heterocycles. The van der Waals surface area contributed by atoms with Gasteiger partial charge in [0.1, 0.15) is 11.5 Å². The predicted octanol–water partition coefficient (Wildman–Crippen LogP) is 10.1. The van der Waals surface area contributed by atoms with Crippen LogP contribution in [0.5, 0.6) is 11.5 Å². The molecule has 0 atom stereocenters. The zero-order valence-electron chi connectivity index (χ0n) is 23.1. The molecule has 0 bridgehead atoms. The lowest BCUT2D eigenvalue weighted by Crippen LogP contribution is -2.13. The molecule has 0 radical (unpaired) electrons. The molecule has 0 saturated heterocycles. The van der Waals surface area contributed by atoms with Gasteiger partial charge in [0.15, 0.2) is 0 Å². The standard InChI is InChI=1S/C34H50O2/c1-3-7-27-9-13-29(14-10-27)31-17-21-33(22-18-31)35-25-5-6-26-36-34-23-19-32(20-24-34)30-15-11-28(8-4-2)12-16-30/h17-24,27-30H,3-16,25-26H2,1-2H3. The number of ether oxygens (including phenoxy) is 2. The maximum atomic E-state index is 6.00. The first-order valence-corrected chi connectivity index (χ1v) is 15.2. The molecular weight excluding hydrogens is 440 g/mol. The minimum absolute atomic E-state index is 0.749. The summed E-state index contributed by atoms with van der Waals surface area (Å²) in [5.41, 5.74) is 3.00. The monoisotopic (exact) mass is 490 g/mol. The van der Waals surface area contributed by atoms with Crippen LogP contribution in [-0.4, -0.2) is 13.2 Å². The van der Waals surface area contributed by atoms with Crippen molar-refractivity contribution in [1.82, 2.24) is 0 Å². The fourth-order valence-electron chi connectivity index (χ4n) is 6.64. The van der Waals surface area contributed by atoms with Gasteiger partial charge < -0.3 is 9.47 Å². The molecule has 2 saturated carbocycles.